The number of phenolic OH excluding ortho intramolecular Hbond substituents is 1. The number of carbonyl (C=O) groups is 1. The Morgan fingerprint density at radius 1 is 1.03 bits per heavy atom. The third kappa shape index (κ3) is 5.81. The van der Waals surface area contributed by atoms with Gasteiger partial charge in [0.05, 0.1) is 15.4 Å². The maximum absolute atomic E-state index is 12.6. The molecule has 2 aromatic carbocycles. The summed E-state index contributed by atoms with van der Waals surface area (Å²) >= 11 is 1.38. The lowest BCUT2D eigenvalue weighted by atomic mass is 10.2. The summed E-state index contributed by atoms with van der Waals surface area (Å²) in [5.41, 5.74) is 3.70. The molecule has 184 valence electrons. The van der Waals surface area contributed by atoms with Crippen LogP contribution >= 0.6 is 11.3 Å². The SMILES string of the molecule is CN1CCN(c2cccc(Nc3nccc(-c4ccc(C(=O)NCc5cccc(O)c5)s4)n3)c2)CC1. The molecule has 0 radical (unpaired) electrons. The first-order chi connectivity index (χ1) is 17.5. The van der Waals surface area contributed by atoms with E-state index >= 15 is 0 Å². The summed E-state index contributed by atoms with van der Waals surface area (Å²) < 4.78 is 0. The number of hydrogen-bond acceptors (Lipinski definition) is 8. The topological polar surface area (TPSA) is 93.6 Å². The van der Waals surface area contributed by atoms with E-state index in [4.69, 9.17) is 0 Å². The van der Waals surface area contributed by atoms with Crippen molar-refractivity contribution in [2.24, 2.45) is 0 Å². The fourth-order valence-electron chi connectivity index (χ4n) is 4.06. The third-order valence-corrected chi connectivity index (χ3v) is 7.18. The van der Waals surface area contributed by atoms with Crippen LogP contribution in [0.4, 0.5) is 17.3 Å². The Hall–Kier alpha value is -3.95. The number of piperazine rings is 1. The Bertz CT molecular complexity index is 1350. The minimum absolute atomic E-state index is 0.164. The molecule has 9 heteroatoms. The molecule has 1 saturated heterocycles. The summed E-state index contributed by atoms with van der Waals surface area (Å²) in [4.78, 5) is 27.9. The zero-order chi connectivity index (χ0) is 24.9. The first-order valence-corrected chi connectivity index (χ1v) is 12.6. The van der Waals surface area contributed by atoms with Crippen LogP contribution < -0.4 is 15.5 Å². The van der Waals surface area contributed by atoms with Gasteiger partial charge in [0.1, 0.15) is 5.75 Å². The second kappa shape index (κ2) is 10.8. The van der Waals surface area contributed by atoms with Crippen LogP contribution in [0, 0.1) is 0 Å². The van der Waals surface area contributed by atoms with Gasteiger partial charge in [0, 0.05) is 50.3 Å². The van der Waals surface area contributed by atoms with Gasteiger partial charge in [0.25, 0.3) is 5.91 Å². The average molecular weight is 501 g/mol. The number of likely N-dealkylation sites (N-methyl/N-ethyl adjacent to an activating group) is 1. The van der Waals surface area contributed by atoms with Crippen molar-refractivity contribution in [1.29, 1.82) is 0 Å². The molecule has 3 heterocycles. The van der Waals surface area contributed by atoms with Crippen molar-refractivity contribution in [2.45, 2.75) is 6.54 Å². The number of hydrogen-bond donors (Lipinski definition) is 3. The quantitative estimate of drug-likeness (QED) is 0.348. The van der Waals surface area contributed by atoms with Gasteiger partial charge in [-0.3, -0.25) is 4.79 Å². The molecule has 1 amide bonds. The first kappa shape index (κ1) is 23.8. The third-order valence-electron chi connectivity index (χ3n) is 6.07. The van der Waals surface area contributed by atoms with Gasteiger partial charge < -0.3 is 25.5 Å². The number of aromatic hydroxyl groups is 1. The smallest absolute Gasteiger partial charge is 0.261 e. The normalized spacial score (nSPS) is 14.0. The fourth-order valence-corrected chi connectivity index (χ4v) is 4.96. The Kier molecular flexibility index (Phi) is 7.11. The molecule has 36 heavy (non-hydrogen) atoms. The summed E-state index contributed by atoms with van der Waals surface area (Å²) in [6.45, 7) is 4.47. The summed E-state index contributed by atoms with van der Waals surface area (Å²) in [6.07, 6.45) is 1.72. The molecule has 1 aliphatic heterocycles. The first-order valence-electron chi connectivity index (χ1n) is 11.8. The molecule has 2 aromatic heterocycles. The Morgan fingerprint density at radius 2 is 1.86 bits per heavy atom. The second-order valence-corrected chi connectivity index (χ2v) is 9.83. The highest BCUT2D eigenvalue weighted by atomic mass is 32.1. The summed E-state index contributed by atoms with van der Waals surface area (Å²) in [5, 5.41) is 15.8. The molecule has 0 spiro atoms. The zero-order valence-corrected chi connectivity index (χ0v) is 20.8. The molecule has 4 aromatic rings. The summed E-state index contributed by atoms with van der Waals surface area (Å²) in [5.74, 6) is 0.522. The van der Waals surface area contributed by atoms with E-state index in [0.29, 0.717) is 17.4 Å². The second-order valence-electron chi connectivity index (χ2n) is 8.75. The van der Waals surface area contributed by atoms with Crippen LogP contribution in [0.25, 0.3) is 10.6 Å². The van der Waals surface area contributed by atoms with E-state index in [1.807, 2.05) is 30.3 Å². The molecule has 0 bridgehead atoms. The molecule has 0 aliphatic carbocycles. The number of anilines is 3. The predicted octanol–water partition coefficient (Wildman–Crippen LogP) is 4.34. The highest BCUT2D eigenvalue weighted by molar-refractivity contribution is 7.17. The van der Waals surface area contributed by atoms with Crippen molar-refractivity contribution >= 4 is 34.6 Å². The van der Waals surface area contributed by atoms with Gasteiger partial charge in [-0.1, -0.05) is 18.2 Å². The number of benzene rings is 2. The van der Waals surface area contributed by atoms with Gasteiger partial charge in [-0.15, -0.1) is 11.3 Å². The molecule has 5 rings (SSSR count). The number of nitrogens with zero attached hydrogens (tertiary/aromatic N) is 4. The lowest BCUT2D eigenvalue weighted by molar-refractivity contribution is 0.0955. The van der Waals surface area contributed by atoms with Gasteiger partial charge in [-0.2, -0.15) is 0 Å². The van der Waals surface area contributed by atoms with Crippen LogP contribution in [0.3, 0.4) is 0 Å². The average Bonchev–Trinajstić information content (AvgIpc) is 3.39. The van der Waals surface area contributed by atoms with E-state index in [1.165, 1.54) is 17.0 Å². The van der Waals surface area contributed by atoms with E-state index < -0.39 is 0 Å². The van der Waals surface area contributed by atoms with Crippen molar-refractivity contribution in [2.75, 3.05) is 43.4 Å². The van der Waals surface area contributed by atoms with Crippen LogP contribution in [0.5, 0.6) is 5.75 Å². The minimum Gasteiger partial charge on any atom is -0.508 e. The fraction of sp³-hybridized carbons (Fsp3) is 0.222. The standard InChI is InChI=1S/C27H28N6O2S/c1-32-12-14-33(15-13-32)21-6-3-5-20(17-21)30-27-28-11-10-23(31-27)24-8-9-25(36-24)26(35)29-18-19-4-2-7-22(34)16-19/h2-11,16-17,34H,12-15,18H2,1H3,(H,29,35)(H,28,30,31). The highest BCUT2D eigenvalue weighted by Crippen LogP contribution is 2.28. The maximum atomic E-state index is 12.6. The Morgan fingerprint density at radius 3 is 2.69 bits per heavy atom. The van der Waals surface area contributed by atoms with E-state index in [1.54, 1.807) is 30.5 Å². The number of rotatable bonds is 7. The number of phenols is 1. The van der Waals surface area contributed by atoms with Gasteiger partial charge >= 0.3 is 0 Å². The van der Waals surface area contributed by atoms with Crippen LogP contribution in [-0.4, -0.2) is 59.1 Å². The predicted molar refractivity (Wildman–Crippen MR) is 144 cm³/mol. The van der Waals surface area contributed by atoms with Crippen molar-refractivity contribution in [3.63, 3.8) is 0 Å². The highest BCUT2D eigenvalue weighted by Gasteiger charge is 2.15. The minimum atomic E-state index is -0.164. The van der Waals surface area contributed by atoms with Crippen molar-refractivity contribution in [3.8, 4) is 16.3 Å². The van der Waals surface area contributed by atoms with Gasteiger partial charge in [0.15, 0.2) is 0 Å². The maximum Gasteiger partial charge on any atom is 0.261 e. The van der Waals surface area contributed by atoms with Crippen molar-refractivity contribution in [1.82, 2.24) is 20.2 Å². The summed E-state index contributed by atoms with van der Waals surface area (Å²) in [6, 6.07) is 20.7. The molecule has 0 atom stereocenters. The van der Waals surface area contributed by atoms with E-state index in [0.717, 1.165) is 48.0 Å². The van der Waals surface area contributed by atoms with Gasteiger partial charge in [0.2, 0.25) is 5.95 Å². The lowest BCUT2D eigenvalue weighted by Crippen LogP contribution is -2.44. The number of aromatic nitrogens is 2. The molecule has 0 saturated carbocycles. The largest absolute Gasteiger partial charge is 0.508 e. The van der Waals surface area contributed by atoms with Crippen molar-refractivity contribution in [3.05, 3.63) is 83.4 Å². The molecule has 1 fully saturated rings. The van der Waals surface area contributed by atoms with E-state index in [2.05, 4.69) is 49.6 Å². The molecular weight excluding hydrogens is 472 g/mol. The summed E-state index contributed by atoms with van der Waals surface area (Å²) in [7, 11) is 2.15. The number of thiophene rings is 1. The molecule has 0 unspecified atom stereocenters. The van der Waals surface area contributed by atoms with Crippen LogP contribution in [0.2, 0.25) is 0 Å². The van der Waals surface area contributed by atoms with E-state index in [9.17, 15) is 9.90 Å². The number of amides is 1. The van der Waals surface area contributed by atoms with Crippen LogP contribution in [-0.2, 0) is 6.54 Å². The van der Waals surface area contributed by atoms with Crippen LogP contribution in [0.1, 0.15) is 15.2 Å². The molecule has 3 N–H and O–H groups in total. The zero-order valence-electron chi connectivity index (χ0n) is 20.0. The number of carbonyl (C=O) groups excluding carboxylic acids is 1. The monoisotopic (exact) mass is 500 g/mol. The lowest BCUT2D eigenvalue weighted by Gasteiger charge is -2.34. The van der Waals surface area contributed by atoms with Gasteiger partial charge in [-0.05, 0) is 61.1 Å². The van der Waals surface area contributed by atoms with Crippen LogP contribution in [0.15, 0.2) is 72.9 Å². The van der Waals surface area contributed by atoms with E-state index in [-0.39, 0.29) is 11.7 Å². The molecule has 1 aliphatic rings. The Labute approximate surface area is 214 Å². The number of nitrogens with one attached hydrogen (secondary N) is 2. The Balaban J connectivity index is 1.24. The molecular formula is C27H28N6O2S. The van der Waals surface area contributed by atoms with Crippen molar-refractivity contribution < 1.29 is 9.90 Å². The van der Waals surface area contributed by atoms with Gasteiger partial charge in [-0.25, -0.2) is 9.97 Å². The molecule has 8 nitrogen and oxygen atoms in total.